The van der Waals surface area contributed by atoms with Gasteiger partial charge in [-0.3, -0.25) is 4.57 Å². The number of rotatable bonds is 2. The van der Waals surface area contributed by atoms with Gasteiger partial charge in [-0.1, -0.05) is 17.3 Å². The van der Waals surface area contributed by atoms with Crippen molar-refractivity contribution in [3.05, 3.63) is 53.5 Å². The molecule has 0 aliphatic heterocycles. The summed E-state index contributed by atoms with van der Waals surface area (Å²) in [5.74, 6) is 0.643. The largest absolute Gasteiger partial charge is 0.409 e. The molecule has 3 aromatic rings. The van der Waals surface area contributed by atoms with E-state index in [0.717, 1.165) is 22.3 Å². The number of amidine groups is 1. The Morgan fingerprint density at radius 1 is 1.29 bits per heavy atom. The maximum absolute atomic E-state index is 9.03. The number of benzene rings is 1. The minimum atomic E-state index is 0.0350. The monoisotopic (exact) mass is 281 g/mol. The molecule has 3 N–H and O–H groups in total. The van der Waals surface area contributed by atoms with Gasteiger partial charge in [0.05, 0.1) is 16.6 Å². The van der Waals surface area contributed by atoms with E-state index in [0.29, 0.717) is 11.4 Å². The predicted molar refractivity (Wildman–Crippen MR) is 80.8 cm³/mol. The van der Waals surface area contributed by atoms with Crippen LogP contribution in [0.1, 0.15) is 16.8 Å². The molecule has 21 heavy (non-hydrogen) atoms. The molecule has 6 heteroatoms. The maximum atomic E-state index is 9.03. The number of aryl methyl sites for hydroxylation is 2. The molecule has 2 aromatic heterocycles. The lowest BCUT2D eigenvalue weighted by Crippen LogP contribution is -2.19. The zero-order valence-corrected chi connectivity index (χ0v) is 11.8. The standard InChI is InChI=1S/C15H15N5O/c1-9-7-10(2)18-15(13(9)14(16)19-21)20-8-17-11-5-3-4-6-12(11)20/h3-8,21H,1-2H3,(H2,16,19). The average Bonchev–Trinajstić information content (AvgIpc) is 2.89. The number of imidazole rings is 1. The first-order valence-corrected chi connectivity index (χ1v) is 6.50. The van der Waals surface area contributed by atoms with Crippen molar-refractivity contribution in [2.24, 2.45) is 10.9 Å². The molecule has 0 fully saturated rings. The molecule has 0 unspecified atom stereocenters. The van der Waals surface area contributed by atoms with Crippen LogP contribution in [0, 0.1) is 13.8 Å². The number of fused-ring (bicyclic) bond motifs is 1. The molecule has 2 heterocycles. The van der Waals surface area contributed by atoms with Crippen LogP contribution in [0.5, 0.6) is 0 Å². The van der Waals surface area contributed by atoms with Gasteiger partial charge in [-0.2, -0.15) is 0 Å². The molecule has 0 atom stereocenters. The molecule has 3 rings (SSSR count). The zero-order valence-electron chi connectivity index (χ0n) is 11.8. The number of pyridine rings is 1. The first-order chi connectivity index (χ1) is 10.1. The van der Waals surface area contributed by atoms with Crippen LogP contribution < -0.4 is 5.73 Å². The van der Waals surface area contributed by atoms with Gasteiger partial charge in [0, 0.05) is 5.69 Å². The fraction of sp³-hybridized carbons (Fsp3) is 0.133. The van der Waals surface area contributed by atoms with Gasteiger partial charge in [0.2, 0.25) is 0 Å². The zero-order chi connectivity index (χ0) is 15.0. The Balaban J connectivity index is 2.36. The molecule has 1 aromatic carbocycles. The molecule has 0 aliphatic carbocycles. The molecular formula is C15H15N5O. The topological polar surface area (TPSA) is 89.3 Å². The Kier molecular flexibility index (Phi) is 3.06. The molecular weight excluding hydrogens is 266 g/mol. The average molecular weight is 281 g/mol. The highest BCUT2D eigenvalue weighted by molar-refractivity contribution is 6.01. The fourth-order valence-electron chi connectivity index (χ4n) is 2.49. The van der Waals surface area contributed by atoms with Crippen LogP contribution in [-0.4, -0.2) is 25.6 Å². The van der Waals surface area contributed by atoms with Gasteiger partial charge in [0.25, 0.3) is 0 Å². The van der Waals surface area contributed by atoms with Crippen molar-refractivity contribution in [3.63, 3.8) is 0 Å². The minimum absolute atomic E-state index is 0.0350. The van der Waals surface area contributed by atoms with Crippen molar-refractivity contribution in [1.29, 1.82) is 0 Å². The molecule has 6 nitrogen and oxygen atoms in total. The molecule has 0 saturated heterocycles. The van der Waals surface area contributed by atoms with Crippen molar-refractivity contribution in [2.45, 2.75) is 13.8 Å². The number of hydrogen-bond acceptors (Lipinski definition) is 4. The quantitative estimate of drug-likeness (QED) is 0.326. The van der Waals surface area contributed by atoms with E-state index in [2.05, 4.69) is 15.1 Å². The second kappa shape index (κ2) is 4.90. The van der Waals surface area contributed by atoms with Gasteiger partial charge < -0.3 is 10.9 Å². The van der Waals surface area contributed by atoms with Crippen molar-refractivity contribution >= 4 is 16.9 Å². The highest BCUT2D eigenvalue weighted by Crippen LogP contribution is 2.22. The van der Waals surface area contributed by atoms with Crippen LogP contribution in [0.3, 0.4) is 0 Å². The third kappa shape index (κ3) is 2.10. The summed E-state index contributed by atoms with van der Waals surface area (Å²) in [7, 11) is 0. The van der Waals surface area contributed by atoms with Crippen molar-refractivity contribution in [1.82, 2.24) is 14.5 Å². The SMILES string of the molecule is Cc1cc(C)c(C(N)=NO)c(-n2cnc3ccccc32)n1. The van der Waals surface area contributed by atoms with Gasteiger partial charge in [-0.25, -0.2) is 9.97 Å². The van der Waals surface area contributed by atoms with E-state index in [1.807, 2.05) is 48.7 Å². The lowest BCUT2D eigenvalue weighted by atomic mass is 10.1. The predicted octanol–water partition coefficient (Wildman–Crippen LogP) is 2.13. The number of hydrogen-bond donors (Lipinski definition) is 2. The lowest BCUT2D eigenvalue weighted by molar-refractivity contribution is 0.318. The van der Waals surface area contributed by atoms with Gasteiger partial charge >= 0.3 is 0 Å². The third-order valence-corrected chi connectivity index (χ3v) is 3.37. The third-order valence-electron chi connectivity index (χ3n) is 3.37. The summed E-state index contributed by atoms with van der Waals surface area (Å²) in [5, 5.41) is 12.1. The van der Waals surface area contributed by atoms with Crippen LogP contribution in [0.2, 0.25) is 0 Å². The van der Waals surface area contributed by atoms with E-state index in [-0.39, 0.29) is 5.84 Å². The smallest absolute Gasteiger partial charge is 0.174 e. The van der Waals surface area contributed by atoms with E-state index in [1.165, 1.54) is 0 Å². The summed E-state index contributed by atoms with van der Waals surface area (Å²) in [6, 6.07) is 9.65. The van der Waals surface area contributed by atoms with E-state index >= 15 is 0 Å². The number of nitrogens with two attached hydrogens (primary N) is 1. The number of oxime groups is 1. The number of aromatic nitrogens is 3. The van der Waals surface area contributed by atoms with Crippen molar-refractivity contribution in [3.8, 4) is 5.82 Å². The Bertz CT molecular complexity index is 850. The molecule has 0 radical (unpaired) electrons. The first kappa shape index (κ1) is 13.1. The van der Waals surface area contributed by atoms with E-state index in [9.17, 15) is 0 Å². The summed E-state index contributed by atoms with van der Waals surface area (Å²) in [4.78, 5) is 8.91. The normalized spacial score (nSPS) is 12.0. The van der Waals surface area contributed by atoms with Gasteiger partial charge in [-0.15, -0.1) is 0 Å². The minimum Gasteiger partial charge on any atom is -0.409 e. The summed E-state index contributed by atoms with van der Waals surface area (Å²) < 4.78 is 1.85. The van der Waals surface area contributed by atoms with Crippen LogP contribution >= 0.6 is 0 Å². The molecule has 0 saturated carbocycles. The van der Waals surface area contributed by atoms with Crippen LogP contribution in [0.25, 0.3) is 16.9 Å². The van der Waals surface area contributed by atoms with Crippen LogP contribution in [0.15, 0.2) is 41.8 Å². The Morgan fingerprint density at radius 3 is 2.81 bits per heavy atom. The molecule has 0 amide bonds. The highest BCUT2D eigenvalue weighted by atomic mass is 16.4. The second-order valence-corrected chi connectivity index (χ2v) is 4.87. The van der Waals surface area contributed by atoms with E-state index < -0.39 is 0 Å². The van der Waals surface area contributed by atoms with Gasteiger partial charge in [-0.05, 0) is 37.6 Å². The second-order valence-electron chi connectivity index (χ2n) is 4.87. The number of para-hydroxylation sites is 2. The lowest BCUT2D eigenvalue weighted by Gasteiger charge is -2.13. The van der Waals surface area contributed by atoms with Crippen molar-refractivity contribution < 1.29 is 5.21 Å². The molecule has 0 bridgehead atoms. The highest BCUT2D eigenvalue weighted by Gasteiger charge is 2.16. The van der Waals surface area contributed by atoms with Gasteiger partial charge in [0.1, 0.15) is 12.1 Å². The van der Waals surface area contributed by atoms with Crippen LogP contribution in [0.4, 0.5) is 0 Å². The summed E-state index contributed by atoms with van der Waals surface area (Å²) in [6.07, 6.45) is 1.69. The molecule has 0 spiro atoms. The summed E-state index contributed by atoms with van der Waals surface area (Å²) >= 11 is 0. The van der Waals surface area contributed by atoms with Crippen molar-refractivity contribution in [2.75, 3.05) is 0 Å². The Labute approximate surface area is 121 Å². The molecule has 106 valence electrons. The fourth-order valence-corrected chi connectivity index (χ4v) is 2.49. The Hall–Kier alpha value is -2.89. The Morgan fingerprint density at radius 2 is 2.05 bits per heavy atom. The van der Waals surface area contributed by atoms with E-state index in [4.69, 9.17) is 10.9 Å². The summed E-state index contributed by atoms with van der Waals surface area (Å²) in [5.41, 5.74) is 9.96. The van der Waals surface area contributed by atoms with Gasteiger partial charge in [0.15, 0.2) is 5.84 Å². The summed E-state index contributed by atoms with van der Waals surface area (Å²) in [6.45, 7) is 3.82. The molecule has 0 aliphatic rings. The van der Waals surface area contributed by atoms with Crippen LogP contribution in [-0.2, 0) is 0 Å². The first-order valence-electron chi connectivity index (χ1n) is 6.50. The number of nitrogens with zero attached hydrogens (tertiary/aromatic N) is 4. The maximum Gasteiger partial charge on any atom is 0.174 e. The van der Waals surface area contributed by atoms with E-state index in [1.54, 1.807) is 6.33 Å².